The number of thioether (sulfide) groups is 1. The number of aromatic nitrogens is 2. The first-order valence-corrected chi connectivity index (χ1v) is 8.83. The van der Waals surface area contributed by atoms with Crippen LogP contribution in [0.5, 0.6) is 0 Å². The minimum absolute atomic E-state index is 0.00751. The van der Waals surface area contributed by atoms with Gasteiger partial charge in [-0.25, -0.2) is 0 Å². The lowest BCUT2D eigenvalue weighted by Crippen LogP contribution is -2.11. The van der Waals surface area contributed by atoms with E-state index in [0.29, 0.717) is 17.5 Å². The van der Waals surface area contributed by atoms with E-state index >= 15 is 0 Å². The molecular weight excluding hydrogens is 302 g/mol. The molecule has 4 nitrogen and oxygen atoms in total. The van der Waals surface area contributed by atoms with Gasteiger partial charge in [-0.3, -0.25) is 4.79 Å². The molecule has 6 heteroatoms. The van der Waals surface area contributed by atoms with E-state index < -0.39 is 0 Å². The third-order valence-electron chi connectivity index (χ3n) is 3.23. The van der Waals surface area contributed by atoms with E-state index in [4.69, 9.17) is 0 Å². The van der Waals surface area contributed by atoms with Gasteiger partial charge in [0.2, 0.25) is 11.0 Å². The van der Waals surface area contributed by atoms with Gasteiger partial charge in [-0.2, -0.15) is 0 Å². The van der Waals surface area contributed by atoms with Crippen LogP contribution in [0.1, 0.15) is 35.8 Å². The van der Waals surface area contributed by atoms with Crippen LogP contribution in [0.15, 0.2) is 29.2 Å². The Hall–Kier alpha value is -1.40. The molecule has 1 aromatic heterocycles. The minimum Gasteiger partial charge on any atom is -0.301 e. The first kappa shape index (κ1) is 14.5. The Morgan fingerprint density at radius 2 is 2.10 bits per heavy atom. The largest absolute Gasteiger partial charge is 0.301 e. The summed E-state index contributed by atoms with van der Waals surface area (Å²) >= 11 is 3.20. The lowest BCUT2D eigenvalue weighted by atomic mass is 10.2. The second-order valence-corrected chi connectivity index (χ2v) is 7.36. The van der Waals surface area contributed by atoms with Crippen molar-refractivity contribution in [3.63, 3.8) is 0 Å². The molecule has 0 aliphatic heterocycles. The van der Waals surface area contributed by atoms with E-state index in [2.05, 4.69) is 46.7 Å². The number of anilines is 1. The Labute approximate surface area is 132 Å². The van der Waals surface area contributed by atoms with Crippen molar-refractivity contribution < 1.29 is 4.79 Å². The van der Waals surface area contributed by atoms with Crippen molar-refractivity contribution in [1.29, 1.82) is 0 Å². The van der Waals surface area contributed by atoms with Crippen molar-refractivity contribution in [2.75, 3.05) is 11.1 Å². The second-order valence-electron chi connectivity index (χ2n) is 5.18. The van der Waals surface area contributed by atoms with Gasteiger partial charge in [0.1, 0.15) is 5.01 Å². The molecule has 2 aromatic rings. The molecule has 21 heavy (non-hydrogen) atoms. The molecule has 0 saturated heterocycles. The SMILES string of the molecule is Cc1ccc(SCCC(=O)Nc2nnc(C3CC3)s2)cc1. The first-order valence-electron chi connectivity index (χ1n) is 7.03. The Morgan fingerprint density at radius 1 is 1.33 bits per heavy atom. The predicted molar refractivity (Wildman–Crippen MR) is 87.0 cm³/mol. The molecule has 1 N–H and O–H groups in total. The molecule has 0 spiro atoms. The lowest BCUT2D eigenvalue weighted by Gasteiger charge is -2.02. The van der Waals surface area contributed by atoms with Crippen LogP contribution < -0.4 is 5.32 Å². The summed E-state index contributed by atoms with van der Waals surface area (Å²) in [5, 5.41) is 12.7. The monoisotopic (exact) mass is 319 g/mol. The van der Waals surface area contributed by atoms with Crippen LogP contribution >= 0.6 is 23.1 Å². The van der Waals surface area contributed by atoms with Crippen LogP contribution in [0, 0.1) is 6.92 Å². The van der Waals surface area contributed by atoms with Crippen molar-refractivity contribution in [1.82, 2.24) is 10.2 Å². The number of nitrogens with zero attached hydrogens (tertiary/aromatic N) is 2. The number of nitrogens with one attached hydrogen (secondary N) is 1. The summed E-state index contributed by atoms with van der Waals surface area (Å²) in [6, 6.07) is 8.35. The Morgan fingerprint density at radius 3 is 2.81 bits per heavy atom. The first-order chi connectivity index (χ1) is 10.2. The van der Waals surface area contributed by atoms with Gasteiger partial charge < -0.3 is 5.32 Å². The fourth-order valence-electron chi connectivity index (χ4n) is 1.86. The van der Waals surface area contributed by atoms with Crippen LogP contribution in [0.25, 0.3) is 0 Å². The lowest BCUT2D eigenvalue weighted by molar-refractivity contribution is -0.115. The zero-order valence-corrected chi connectivity index (χ0v) is 13.5. The maximum Gasteiger partial charge on any atom is 0.227 e. The summed E-state index contributed by atoms with van der Waals surface area (Å²) in [7, 11) is 0. The highest BCUT2D eigenvalue weighted by atomic mass is 32.2. The summed E-state index contributed by atoms with van der Waals surface area (Å²) in [5.74, 6) is 1.36. The molecule has 0 bridgehead atoms. The van der Waals surface area contributed by atoms with Crippen molar-refractivity contribution >= 4 is 34.1 Å². The Balaban J connectivity index is 1.42. The number of aryl methyl sites for hydroxylation is 1. The van der Waals surface area contributed by atoms with E-state index in [1.54, 1.807) is 11.8 Å². The van der Waals surface area contributed by atoms with E-state index in [9.17, 15) is 4.79 Å². The van der Waals surface area contributed by atoms with Crippen molar-refractivity contribution in [3.05, 3.63) is 34.8 Å². The average Bonchev–Trinajstić information content (AvgIpc) is 3.22. The van der Waals surface area contributed by atoms with Crippen LogP contribution in [0.3, 0.4) is 0 Å². The summed E-state index contributed by atoms with van der Waals surface area (Å²) < 4.78 is 0. The second kappa shape index (κ2) is 6.58. The molecule has 1 saturated carbocycles. The number of carbonyl (C=O) groups excluding carboxylic acids is 1. The fraction of sp³-hybridized carbons (Fsp3) is 0.400. The third kappa shape index (κ3) is 4.28. The van der Waals surface area contributed by atoms with Gasteiger partial charge in [-0.1, -0.05) is 29.0 Å². The van der Waals surface area contributed by atoms with Crippen molar-refractivity contribution in [2.24, 2.45) is 0 Å². The van der Waals surface area contributed by atoms with Crippen molar-refractivity contribution in [3.8, 4) is 0 Å². The molecule has 1 aliphatic carbocycles. The van der Waals surface area contributed by atoms with Crippen LogP contribution in [0.2, 0.25) is 0 Å². The van der Waals surface area contributed by atoms with Gasteiger partial charge in [0.15, 0.2) is 0 Å². The maximum atomic E-state index is 11.9. The number of hydrogen-bond donors (Lipinski definition) is 1. The quantitative estimate of drug-likeness (QED) is 0.822. The standard InChI is InChI=1S/C15H17N3OS2/c1-10-2-6-12(7-3-10)20-9-8-13(19)16-15-18-17-14(21-15)11-4-5-11/h2-3,6-7,11H,4-5,8-9H2,1H3,(H,16,18,19). The average molecular weight is 319 g/mol. The van der Waals surface area contributed by atoms with Gasteiger partial charge in [0.25, 0.3) is 0 Å². The van der Waals surface area contributed by atoms with Gasteiger partial charge in [-0.15, -0.1) is 22.0 Å². The molecule has 1 amide bonds. The normalized spacial score (nSPS) is 14.1. The molecule has 3 rings (SSSR count). The number of benzene rings is 1. The van der Waals surface area contributed by atoms with E-state index in [1.807, 2.05) is 0 Å². The number of hydrogen-bond acceptors (Lipinski definition) is 5. The third-order valence-corrected chi connectivity index (χ3v) is 5.25. The Bertz CT molecular complexity index is 620. The van der Waals surface area contributed by atoms with Gasteiger partial charge in [0.05, 0.1) is 0 Å². The van der Waals surface area contributed by atoms with E-state index in [0.717, 1.165) is 10.8 Å². The molecule has 1 aliphatic rings. The number of rotatable bonds is 6. The van der Waals surface area contributed by atoms with Crippen LogP contribution in [-0.4, -0.2) is 21.9 Å². The number of carbonyl (C=O) groups is 1. The Kier molecular flexibility index (Phi) is 4.55. The molecule has 0 unspecified atom stereocenters. The topological polar surface area (TPSA) is 54.9 Å². The molecule has 0 radical (unpaired) electrons. The molecule has 110 valence electrons. The zero-order valence-electron chi connectivity index (χ0n) is 11.8. The molecular formula is C15H17N3OS2. The minimum atomic E-state index is 0.00751. The van der Waals surface area contributed by atoms with Gasteiger partial charge in [0, 0.05) is 23.0 Å². The smallest absolute Gasteiger partial charge is 0.227 e. The fourth-order valence-corrected chi connectivity index (χ4v) is 3.64. The van der Waals surface area contributed by atoms with E-state index in [-0.39, 0.29) is 5.91 Å². The summed E-state index contributed by atoms with van der Waals surface area (Å²) in [5.41, 5.74) is 1.25. The predicted octanol–water partition coefficient (Wildman–Crippen LogP) is 3.84. The molecule has 1 aromatic carbocycles. The van der Waals surface area contributed by atoms with Crippen LogP contribution in [0.4, 0.5) is 5.13 Å². The zero-order chi connectivity index (χ0) is 14.7. The molecule has 0 atom stereocenters. The summed E-state index contributed by atoms with van der Waals surface area (Å²) in [4.78, 5) is 13.1. The number of amides is 1. The highest BCUT2D eigenvalue weighted by Crippen LogP contribution is 2.42. The van der Waals surface area contributed by atoms with E-state index in [1.165, 1.54) is 34.6 Å². The molecule has 1 heterocycles. The van der Waals surface area contributed by atoms with Crippen LogP contribution in [-0.2, 0) is 4.79 Å². The molecule has 1 fully saturated rings. The summed E-state index contributed by atoms with van der Waals surface area (Å²) in [6.07, 6.45) is 2.89. The summed E-state index contributed by atoms with van der Waals surface area (Å²) in [6.45, 7) is 2.07. The maximum absolute atomic E-state index is 11.9. The highest BCUT2D eigenvalue weighted by molar-refractivity contribution is 7.99. The van der Waals surface area contributed by atoms with Gasteiger partial charge >= 0.3 is 0 Å². The highest BCUT2D eigenvalue weighted by Gasteiger charge is 2.27. The van der Waals surface area contributed by atoms with Gasteiger partial charge in [-0.05, 0) is 31.9 Å². The van der Waals surface area contributed by atoms with Crippen molar-refractivity contribution in [2.45, 2.75) is 37.0 Å².